The normalized spacial score (nSPS) is 10.3. The number of rotatable bonds is 3. The Morgan fingerprint density at radius 3 is 2.65 bits per heavy atom. The van der Waals surface area contributed by atoms with E-state index in [4.69, 9.17) is 10.5 Å². The molecule has 0 saturated heterocycles. The second-order valence-corrected chi connectivity index (χ2v) is 3.97. The number of nitrogens with zero attached hydrogens (tertiary/aromatic N) is 3. The number of hydrogen-bond donors (Lipinski definition) is 1. The van der Waals surface area contributed by atoms with Crippen molar-refractivity contribution in [3.8, 4) is 17.0 Å². The van der Waals surface area contributed by atoms with Crippen molar-refractivity contribution in [2.45, 2.75) is 6.92 Å². The molecule has 0 unspecified atom stereocenters. The first-order valence-corrected chi connectivity index (χ1v) is 5.56. The Hall–Kier alpha value is -2.77. The molecule has 0 atom stereocenters. The molecule has 1 heterocycles. The molecule has 0 radical (unpaired) electrons. The number of hydrogen-bond acceptors (Lipinski definition) is 6. The Balaban J connectivity index is 2.72. The van der Waals surface area contributed by atoms with Gasteiger partial charge in [0.2, 0.25) is 5.95 Å². The molecule has 2 rings (SSSR count). The number of methoxy groups -OCH3 is 1. The molecular formula is C12H11FN4O3. The van der Waals surface area contributed by atoms with Crippen molar-refractivity contribution in [2.24, 2.45) is 0 Å². The summed E-state index contributed by atoms with van der Waals surface area (Å²) >= 11 is 0. The van der Waals surface area contributed by atoms with Crippen LogP contribution in [-0.2, 0) is 0 Å². The van der Waals surface area contributed by atoms with E-state index in [-0.39, 0.29) is 28.6 Å². The first-order chi connectivity index (χ1) is 9.43. The van der Waals surface area contributed by atoms with E-state index in [9.17, 15) is 14.5 Å². The lowest BCUT2D eigenvalue weighted by molar-refractivity contribution is -0.385. The topological polar surface area (TPSA) is 104 Å². The molecule has 0 aliphatic rings. The fourth-order valence-electron chi connectivity index (χ4n) is 1.81. The Labute approximate surface area is 113 Å². The van der Waals surface area contributed by atoms with Gasteiger partial charge in [0.05, 0.1) is 12.0 Å². The number of aryl methyl sites for hydroxylation is 1. The molecular weight excluding hydrogens is 267 g/mol. The molecule has 104 valence electrons. The van der Waals surface area contributed by atoms with Crippen molar-refractivity contribution in [1.82, 2.24) is 9.97 Å². The monoisotopic (exact) mass is 278 g/mol. The lowest BCUT2D eigenvalue weighted by Gasteiger charge is -2.07. The van der Waals surface area contributed by atoms with Gasteiger partial charge in [-0.15, -0.1) is 0 Å². The van der Waals surface area contributed by atoms with Crippen molar-refractivity contribution in [1.29, 1.82) is 0 Å². The highest BCUT2D eigenvalue weighted by molar-refractivity contribution is 5.72. The van der Waals surface area contributed by atoms with E-state index in [1.807, 2.05) is 0 Å². The Kier molecular flexibility index (Phi) is 3.47. The summed E-state index contributed by atoms with van der Waals surface area (Å²) in [6, 6.07) is 3.95. The van der Waals surface area contributed by atoms with Gasteiger partial charge in [-0.3, -0.25) is 10.1 Å². The summed E-state index contributed by atoms with van der Waals surface area (Å²) in [5.41, 5.74) is 5.00. The zero-order valence-electron chi connectivity index (χ0n) is 10.8. The minimum Gasteiger partial charge on any atom is -0.497 e. The largest absolute Gasteiger partial charge is 0.497 e. The molecule has 0 fully saturated rings. The van der Waals surface area contributed by atoms with Crippen molar-refractivity contribution >= 4 is 11.6 Å². The number of ether oxygens (including phenoxy) is 1. The summed E-state index contributed by atoms with van der Waals surface area (Å²) in [4.78, 5) is 17.9. The van der Waals surface area contributed by atoms with Crippen LogP contribution in [0.1, 0.15) is 5.69 Å². The van der Waals surface area contributed by atoms with Crippen molar-refractivity contribution < 1.29 is 14.1 Å². The molecule has 2 N–H and O–H groups in total. The molecule has 1 aromatic heterocycles. The van der Waals surface area contributed by atoms with Gasteiger partial charge in [-0.1, -0.05) is 0 Å². The van der Waals surface area contributed by atoms with E-state index in [2.05, 4.69) is 9.97 Å². The van der Waals surface area contributed by atoms with Gasteiger partial charge in [0.25, 0.3) is 0 Å². The average Bonchev–Trinajstić information content (AvgIpc) is 2.36. The van der Waals surface area contributed by atoms with Gasteiger partial charge in [-0.05, 0) is 19.1 Å². The maximum Gasteiger partial charge on any atom is 0.316 e. The van der Waals surface area contributed by atoms with E-state index >= 15 is 0 Å². The van der Waals surface area contributed by atoms with E-state index in [1.54, 1.807) is 0 Å². The van der Waals surface area contributed by atoms with Crippen LogP contribution in [0, 0.1) is 22.9 Å². The summed E-state index contributed by atoms with van der Waals surface area (Å²) in [7, 11) is 1.39. The third-order valence-electron chi connectivity index (χ3n) is 2.69. The number of nitro groups is 1. The van der Waals surface area contributed by atoms with E-state index in [1.165, 1.54) is 26.2 Å². The summed E-state index contributed by atoms with van der Waals surface area (Å²) in [6.45, 7) is 1.42. The maximum atomic E-state index is 14.0. The highest BCUT2D eigenvalue weighted by Crippen LogP contribution is 2.33. The van der Waals surface area contributed by atoms with Crippen molar-refractivity contribution in [2.75, 3.05) is 12.8 Å². The third-order valence-corrected chi connectivity index (χ3v) is 2.69. The fraction of sp³-hybridized carbons (Fsp3) is 0.167. The van der Waals surface area contributed by atoms with Gasteiger partial charge < -0.3 is 10.5 Å². The van der Waals surface area contributed by atoms with Crippen LogP contribution < -0.4 is 10.5 Å². The van der Waals surface area contributed by atoms with Crippen LogP contribution in [0.3, 0.4) is 0 Å². The second-order valence-electron chi connectivity index (χ2n) is 3.97. The number of nitrogen functional groups attached to an aromatic ring is 1. The zero-order valence-corrected chi connectivity index (χ0v) is 10.8. The van der Waals surface area contributed by atoms with Gasteiger partial charge in [0.15, 0.2) is 5.69 Å². The van der Waals surface area contributed by atoms with Gasteiger partial charge >= 0.3 is 5.69 Å². The van der Waals surface area contributed by atoms with Gasteiger partial charge in [0.1, 0.15) is 17.3 Å². The van der Waals surface area contributed by atoms with Crippen LogP contribution in [0.4, 0.5) is 16.0 Å². The van der Waals surface area contributed by atoms with Crippen LogP contribution in [0.25, 0.3) is 11.3 Å². The molecule has 0 amide bonds. The fourth-order valence-corrected chi connectivity index (χ4v) is 1.81. The van der Waals surface area contributed by atoms with E-state index in [0.717, 1.165) is 6.07 Å². The van der Waals surface area contributed by atoms with Crippen LogP contribution in [0.15, 0.2) is 18.2 Å². The second kappa shape index (κ2) is 5.08. The molecule has 0 aliphatic carbocycles. The van der Waals surface area contributed by atoms with Crippen molar-refractivity contribution in [3.05, 3.63) is 39.8 Å². The standard InChI is InChI=1S/C12H11FN4O3/c1-6-11(17(18)19)10(16-12(14)15-6)8-4-3-7(20-2)5-9(8)13/h3-5H,1-2H3,(H2,14,15,16). The van der Waals surface area contributed by atoms with Crippen LogP contribution in [-0.4, -0.2) is 22.0 Å². The molecule has 0 spiro atoms. The summed E-state index contributed by atoms with van der Waals surface area (Å²) in [5.74, 6) is -0.545. The Bertz CT molecular complexity index is 691. The number of benzene rings is 1. The first kappa shape index (κ1) is 13.7. The first-order valence-electron chi connectivity index (χ1n) is 5.56. The number of halogens is 1. The molecule has 1 aromatic carbocycles. The molecule has 0 bridgehead atoms. The van der Waals surface area contributed by atoms with E-state index < -0.39 is 10.7 Å². The lowest BCUT2D eigenvalue weighted by Crippen LogP contribution is -2.05. The quantitative estimate of drug-likeness (QED) is 0.681. The molecule has 20 heavy (non-hydrogen) atoms. The molecule has 8 heteroatoms. The summed E-state index contributed by atoms with van der Waals surface area (Å²) < 4.78 is 18.9. The lowest BCUT2D eigenvalue weighted by atomic mass is 10.1. The minimum absolute atomic E-state index is 0.0327. The van der Waals surface area contributed by atoms with Crippen LogP contribution in [0.2, 0.25) is 0 Å². The molecule has 0 saturated carbocycles. The highest BCUT2D eigenvalue weighted by atomic mass is 19.1. The van der Waals surface area contributed by atoms with Crippen LogP contribution in [0.5, 0.6) is 5.75 Å². The van der Waals surface area contributed by atoms with Gasteiger partial charge in [0, 0.05) is 11.6 Å². The SMILES string of the molecule is COc1ccc(-c2nc(N)nc(C)c2[N+](=O)[O-])c(F)c1. The van der Waals surface area contributed by atoms with E-state index in [0.29, 0.717) is 5.75 Å². The van der Waals surface area contributed by atoms with Crippen molar-refractivity contribution in [3.63, 3.8) is 0 Å². The third kappa shape index (κ3) is 2.35. The number of nitrogens with two attached hydrogens (primary N) is 1. The Morgan fingerprint density at radius 1 is 1.40 bits per heavy atom. The minimum atomic E-state index is -0.690. The molecule has 0 aliphatic heterocycles. The molecule has 7 nitrogen and oxygen atoms in total. The van der Waals surface area contributed by atoms with Gasteiger partial charge in [-0.2, -0.15) is 0 Å². The molecule has 2 aromatic rings. The zero-order chi connectivity index (χ0) is 14.9. The van der Waals surface area contributed by atoms with Gasteiger partial charge in [-0.25, -0.2) is 14.4 Å². The maximum absolute atomic E-state index is 14.0. The number of aromatic nitrogens is 2. The summed E-state index contributed by atoms with van der Waals surface area (Å²) in [6.07, 6.45) is 0. The highest BCUT2D eigenvalue weighted by Gasteiger charge is 2.24. The number of anilines is 1. The Morgan fingerprint density at radius 2 is 2.10 bits per heavy atom. The average molecular weight is 278 g/mol. The van der Waals surface area contributed by atoms with Crippen LogP contribution >= 0.6 is 0 Å². The predicted molar refractivity (Wildman–Crippen MR) is 69.8 cm³/mol. The predicted octanol–water partition coefficient (Wildman–Crippen LogP) is 2.09. The smallest absolute Gasteiger partial charge is 0.316 e. The summed E-state index contributed by atoms with van der Waals surface area (Å²) in [5, 5.41) is 11.1.